The van der Waals surface area contributed by atoms with E-state index in [2.05, 4.69) is 68.4 Å². The normalized spacial score (nSPS) is 12.0. The Morgan fingerprint density at radius 2 is 1.36 bits per heavy atom. The fourth-order valence-electron chi connectivity index (χ4n) is 4.57. The maximum absolute atomic E-state index is 5.96. The topological polar surface area (TPSA) is 9.23 Å². The molecule has 0 heterocycles. The summed E-state index contributed by atoms with van der Waals surface area (Å²) in [5.41, 5.74) is 8.17. The molecule has 1 aliphatic rings. The second kappa shape index (κ2) is 5.10. The maximum Gasteiger partial charge on any atom is 0.127 e. The molecule has 1 heteroatoms. The van der Waals surface area contributed by atoms with Crippen LogP contribution in [0, 0.1) is 13.8 Å². The van der Waals surface area contributed by atoms with E-state index in [1.807, 2.05) is 6.92 Å². The van der Waals surface area contributed by atoms with Crippen molar-refractivity contribution >= 4 is 21.5 Å². The molecular formula is C24H20O. The standard InChI is InChI=1S/C24H20O/c1-4-25-20-13-7-10-17-14(2)22-18-11-5-8-16-9-6-12-19(24(16)18)23(22)15(3)21(17)20/h5-13H,4H2,1-3H3. The van der Waals surface area contributed by atoms with Crippen molar-refractivity contribution in [1.29, 1.82) is 0 Å². The lowest BCUT2D eigenvalue weighted by molar-refractivity contribution is 0.344. The molecule has 0 aliphatic heterocycles. The number of aryl methyl sites for hydroxylation is 2. The van der Waals surface area contributed by atoms with Gasteiger partial charge in [0.2, 0.25) is 0 Å². The summed E-state index contributed by atoms with van der Waals surface area (Å²) in [6.07, 6.45) is 0. The highest BCUT2D eigenvalue weighted by atomic mass is 16.5. The van der Waals surface area contributed by atoms with Crippen molar-refractivity contribution in [2.75, 3.05) is 6.61 Å². The number of ether oxygens (including phenoxy) is 1. The van der Waals surface area contributed by atoms with E-state index in [1.54, 1.807) is 0 Å². The van der Waals surface area contributed by atoms with Crippen molar-refractivity contribution in [3.8, 4) is 28.0 Å². The summed E-state index contributed by atoms with van der Waals surface area (Å²) in [7, 11) is 0. The van der Waals surface area contributed by atoms with E-state index < -0.39 is 0 Å². The van der Waals surface area contributed by atoms with Crippen LogP contribution in [0.4, 0.5) is 0 Å². The van der Waals surface area contributed by atoms with Gasteiger partial charge in [-0.1, -0.05) is 48.5 Å². The van der Waals surface area contributed by atoms with Crippen molar-refractivity contribution in [1.82, 2.24) is 0 Å². The summed E-state index contributed by atoms with van der Waals surface area (Å²) in [6.45, 7) is 7.23. The Morgan fingerprint density at radius 3 is 2.04 bits per heavy atom. The van der Waals surface area contributed by atoms with Crippen LogP contribution in [0.1, 0.15) is 18.1 Å². The first-order valence-electron chi connectivity index (χ1n) is 8.93. The molecule has 0 atom stereocenters. The van der Waals surface area contributed by atoms with Crippen LogP contribution >= 0.6 is 0 Å². The zero-order valence-electron chi connectivity index (χ0n) is 14.8. The molecule has 0 saturated heterocycles. The van der Waals surface area contributed by atoms with E-state index in [0.717, 1.165) is 5.75 Å². The van der Waals surface area contributed by atoms with Crippen LogP contribution in [0.5, 0.6) is 5.75 Å². The van der Waals surface area contributed by atoms with E-state index in [9.17, 15) is 0 Å². The van der Waals surface area contributed by atoms with E-state index in [1.165, 1.54) is 54.9 Å². The Balaban J connectivity index is 2.01. The lowest BCUT2D eigenvalue weighted by Crippen LogP contribution is -1.97. The fraction of sp³-hybridized carbons (Fsp3) is 0.167. The highest BCUT2D eigenvalue weighted by Crippen LogP contribution is 2.53. The van der Waals surface area contributed by atoms with Gasteiger partial charge in [-0.25, -0.2) is 0 Å². The SMILES string of the molecule is CCOc1cccc2c(C)c3c(c(C)c12)-c1cccc2cccc-3c12. The minimum atomic E-state index is 0.685. The highest BCUT2D eigenvalue weighted by molar-refractivity contribution is 6.20. The van der Waals surface area contributed by atoms with E-state index >= 15 is 0 Å². The largest absolute Gasteiger partial charge is 0.493 e. The molecule has 0 N–H and O–H groups in total. The third-order valence-corrected chi connectivity index (χ3v) is 5.55. The van der Waals surface area contributed by atoms with Crippen LogP contribution < -0.4 is 4.74 Å². The highest BCUT2D eigenvalue weighted by Gasteiger charge is 2.27. The predicted octanol–water partition coefficient (Wildman–Crippen LogP) is 6.66. The molecule has 0 fully saturated rings. The van der Waals surface area contributed by atoms with Crippen LogP contribution in [-0.2, 0) is 0 Å². The van der Waals surface area contributed by atoms with Crippen LogP contribution in [0.25, 0.3) is 43.8 Å². The number of benzene rings is 4. The molecule has 1 aliphatic carbocycles. The maximum atomic E-state index is 5.96. The Hall–Kier alpha value is -2.80. The summed E-state index contributed by atoms with van der Waals surface area (Å²) >= 11 is 0. The quantitative estimate of drug-likeness (QED) is 0.353. The molecular weight excluding hydrogens is 304 g/mol. The molecule has 0 unspecified atom stereocenters. The molecule has 0 saturated carbocycles. The fourth-order valence-corrected chi connectivity index (χ4v) is 4.57. The minimum absolute atomic E-state index is 0.685. The first-order valence-corrected chi connectivity index (χ1v) is 8.93. The second-order valence-corrected chi connectivity index (χ2v) is 6.82. The molecule has 4 aromatic carbocycles. The van der Waals surface area contributed by atoms with Crippen LogP contribution in [0.2, 0.25) is 0 Å². The molecule has 1 nitrogen and oxygen atoms in total. The molecule has 0 amide bonds. The van der Waals surface area contributed by atoms with Crippen molar-refractivity contribution in [2.24, 2.45) is 0 Å². The zero-order valence-corrected chi connectivity index (χ0v) is 14.8. The van der Waals surface area contributed by atoms with E-state index in [4.69, 9.17) is 4.74 Å². The molecule has 25 heavy (non-hydrogen) atoms. The lowest BCUT2D eigenvalue weighted by atomic mass is 9.88. The smallest absolute Gasteiger partial charge is 0.127 e. The van der Waals surface area contributed by atoms with Crippen molar-refractivity contribution in [3.05, 3.63) is 65.7 Å². The van der Waals surface area contributed by atoms with Gasteiger partial charge in [-0.2, -0.15) is 0 Å². The average Bonchev–Trinajstić information content (AvgIpc) is 2.97. The summed E-state index contributed by atoms with van der Waals surface area (Å²) < 4.78 is 5.96. The second-order valence-electron chi connectivity index (χ2n) is 6.82. The van der Waals surface area contributed by atoms with E-state index in [-0.39, 0.29) is 0 Å². The molecule has 0 bridgehead atoms. The van der Waals surface area contributed by atoms with Crippen molar-refractivity contribution < 1.29 is 4.74 Å². The van der Waals surface area contributed by atoms with Gasteiger partial charge in [-0.05, 0) is 76.4 Å². The first kappa shape index (κ1) is 14.5. The van der Waals surface area contributed by atoms with Crippen LogP contribution in [0.3, 0.4) is 0 Å². The minimum Gasteiger partial charge on any atom is -0.493 e. The van der Waals surface area contributed by atoms with Gasteiger partial charge in [0, 0.05) is 5.39 Å². The zero-order chi connectivity index (χ0) is 17.1. The first-order chi connectivity index (χ1) is 12.2. The number of rotatable bonds is 2. The Labute approximate surface area is 147 Å². The molecule has 0 aromatic heterocycles. The van der Waals surface area contributed by atoms with Gasteiger partial charge in [-0.15, -0.1) is 0 Å². The molecule has 4 aromatic rings. The van der Waals surface area contributed by atoms with Crippen molar-refractivity contribution in [2.45, 2.75) is 20.8 Å². The number of hydrogen-bond donors (Lipinski definition) is 0. The van der Waals surface area contributed by atoms with Gasteiger partial charge in [-0.3, -0.25) is 0 Å². The third kappa shape index (κ3) is 1.78. The van der Waals surface area contributed by atoms with Crippen LogP contribution in [-0.4, -0.2) is 6.61 Å². The van der Waals surface area contributed by atoms with Crippen LogP contribution in [0.15, 0.2) is 54.6 Å². The molecule has 122 valence electrons. The molecule has 5 rings (SSSR count). The summed E-state index contributed by atoms with van der Waals surface area (Å²) in [4.78, 5) is 0. The Bertz CT molecular complexity index is 1160. The van der Waals surface area contributed by atoms with Gasteiger partial charge in [0.15, 0.2) is 0 Å². The monoisotopic (exact) mass is 324 g/mol. The Morgan fingerprint density at radius 1 is 0.720 bits per heavy atom. The van der Waals surface area contributed by atoms with Gasteiger partial charge in [0.05, 0.1) is 6.61 Å². The van der Waals surface area contributed by atoms with Gasteiger partial charge in [0.1, 0.15) is 5.75 Å². The molecule has 0 spiro atoms. The summed E-state index contributed by atoms with van der Waals surface area (Å²) in [6, 6.07) is 19.7. The van der Waals surface area contributed by atoms with Gasteiger partial charge < -0.3 is 4.74 Å². The average molecular weight is 324 g/mol. The summed E-state index contributed by atoms with van der Waals surface area (Å²) in [5.74, 6) is 0.992. The predicted molar refractivity (Wildman–Crippen MR) is 107 cm³/mol. The van der Waals surface area contributed by atoms with E-state index in [0.29, 0.717) is 6.61 Å². The third-order valence-electron chi connectivity index (χ3n) is 5.55. The number of hydrogen-bond acceptors (Lipinski definition) is 1. The number of fused-ring (bicyclic) bond motifs is 4. The molecule has 0 radical (unpaired) electrons. The summed E-state index contributed by atoms with van der Waals surface area (Å²) in [5, 5.41) is 5.26. The van der Waals surface area contributed by atoms with Gasteiger partial charge >= 0.3 is 0 Å². The van der Waals surface area contributed by atoms with Crippen molar-refractivity contribution in [3.63, 3.8) is 0 Å². The Kier molecular flexibility index (Phi) is 2.96. The lowest BCUT2D eigenvalue weighted by Gasteiger charge is -2.17. The van der Waals surface area contributed by atoms with Gasteiger partial charge in [0.25, 0.3) is 0 Å².